The van der Waals surface area contributed by atoms with Gasteiger partial charge in [0.05, 0.1) is 14.2 Å². The largest absolute Gasteiger partial charge is 0.508 e. The predicted molar refractivity (Wildman–Crippen MR) is 139 cm³/mol. The van der Waals surface area contributed by atoms with E-state index in [2.05, 4.69) is 0 Å². The van der Waals surface area contributed by atoms with Gasteiger partial charge in [-0.15, -0.1) is 0 Å². The van der Waals surface area contributed by atoms with Crippen LogP contribution in [0.5, 0.6) is 34.5 Å². The smallest absolute Gasteiger partial charge is 0.130 e. The van der Waals surface area contributed by atoms with Gasteiger partial charge in [0, 0.05) is 46.0 Å². The Labute approximate surface area is 207 Å². The summed E-state index contributed by atoms with van der Waals surface area (Å²) >= 11 is 0. The Bertz CT molecular complexity index is 1700. The van der Waals surface area contributed by atoms with Crippen molar-refractivity contribution in [2.24, 2.45) is 0 Å². The molecule has 36 heavy (non-hydrogen) atoms. The topological polar surface area (TPSA) is 99.4 Å². The average Bonchev–Trinajstić information content (AvgIpc) is 2.86. The highest BCUT2D eigenvalue weighted by atomic mass is 16.5. The van der Waals surface area contributed by atoms with Crippen LogP contribution in [0.2, 0.25) is 0 Å². The third kappa shape index (κ3) is 3.26. The summed E-state index contributed by atoms with van der Waals surface area (Å²) in [5.74, 6) is 1.39. The van der Waals surface area contributed by atoms with Crippen molar-refractivity contribution in [2.75, 3.05) is 14.2 Å². The van der Waals surface area contributed by atoms with Crippen LogP contribution in [0.4, 0.5) is 0 Å². The van der Waals surface area contributed by atoms with E-state index in [-0.39, 0.29) is 23.0 Å². The van der Waals surface area contributed by atoms with E-state index < -0.39 is 0 Å². The van der Waals surface area contributed by atoms with Crippen LogP contribution >= 0.6 is 0 Å². The molecule has 5 aromatic rings. The molecule has 0 aromatic heterocycles. The van der Waals surface area contributed by atoms with Gasteiger partial charge >= 0.3 is 0 Å². The second-order valence-corrected chi connectivity index (χ2v) is 9.14. The maximum absolute atomic E-state index is 11.1. The van der Waals surface area contributed by atoms with Crippen LogP contribution in [0.25, 0.3) is 32.7 Å². The molecule has 6 nitrogen and oxygen atoms in total. The van der Waals surface area contributed by atoms with Gasteiger partial charge in [0.1, 0.15) is 34.5 Å². The molecule has 4 N–H and O–H groups in total. The first-order valence-electron chi connectivity index (χ1n) is 11.6. The summed E-state index contributed by atoms with van der Waals surface area (Å²) in [6.45, 7) is 0. The minimum atomic E-state index is -0.0297. The van der Waals surface area contributed by atoms with Crippen LogP contribution in [-0.2, 0) is 12.8 Å². The molecule has 6 rings (SSSR count). The summed E-state index contributed by atoms with van der Waals surface area (Å²) in [6.07, 6.45) is 1.03. The Morgan fingerprint density at radius 3 is 2.19 bits per heavy atom. The quantitative estimate of drug-likeness (QED) is 0.232. The lowest BCUT2D eigenvalue weighted by Gasteiger charge is -2.23. The van der Waals surface area contributed by atoms with Crippen molar-refractivity contribution in [1.82, 2.24) is 0 Å². The molecule has 0 aliphatic heterocycles. The van der Waals surface area contributed by atoms with E-state index >= 15 is 0 Å². The lowest BCUT2D eigenvalue weighted by Crippen LogP contribution is -2.08. The number of ether oxygens (including phenoxy) is 2. The van der Waals surface area contributed by atoms with Crippen LogP contribution in [0.3, 0.4) is 0 Å². The number of fused-ring (bicyclic) bond motifs is 4. The van der Waals surface area contributed by atoms with Gasteiger partial charge in [-0.3, -0.25) is 0 Å². The molecule has 1 aliphatic rings. The van der Waals surface area contributed by atoms with Crippen molar-refractivity contribution in [3.8, 4) is 45.6 Å². The summed E-state index contributed by atoms with van der Waals surface area (Å²) in [5, 5.41) is 46.1. The fourth-order valence-electron chi connectivity index (χ4n) is 5.35. The standard InChI is InChI=1S/C30H24O6/c1-35-19-7-18-6-16-11-26(32)24(10-17(16)9-20(18)27(33)12-19)30-23-8-15-4-3-5-25(31)21(15)13-22(23)29(36-2)14-28(30)34/h3-5,7-8,10-14,31-34H,6,9H2,1-2H3. The highest BCUT2D eigenvalue weighted by molar-refractivity contribution is 6.11. The number of phenols is 4. The summed E-state index contributed by atoms with van der Waals surface area (Å²) < 4.78 is 10.8. The number of hydrogen-bond acceptors (Lipinski definition) is 6. The summed E-state index contributed by atoms with van der Waals surface area (Å²) in [7, 11) is 3.09. The number of phenolic OH excluding ortho intramolecular Hbond substituents is 4. The Morgan fingerprint density at radius 1 is 0.611 bits per heavy atom. The molecule has 0 fully saturated rings. The second-order valence-electron chi connectivity index (χ2n) is 9.14. The van der Waals surface area contributed by atoms with Gasteiger partial charge in [-0.2, -0.15) is 0 Å². The zero-order valence-corrected chi connectivity index (χ0v) is 19.8. The third-order valence-corrected chi connectivity index (χ3v) is 7.14. The molecule has 0 amide bonds. The average molecular weight is 481 g/mol. The van der Waals surface area contributed by atoms with Gasteiger partial charge in [-0.05, 0) is 70.3 Å². The van der Waals surface area contributed by atoms with E-state index in [1.807, 2.05) is 30.3 Å². The molecular weight excluding hydrogens is 456 g/mol. The maximum Gasteiger partial charge on any atom is 0.130 e. The molecule has 0 atom stereocenters. The van der Waals surface area contributed by atoms with Crippen molar-refractivity contribution >= 4 is 21.5 Å². The first kappa shape index (κ1) is 21.9. The Kier molecular flexibility index (Phi) is 4.86. The molecular formula is C30H24O6. The molecule has 5 aromatic carbocycles. The van der Waals surface area contributed by atoms with E-state index in [9.17, 15) is 20.4 Å². The molecule has 0 saturated carbocycles. The van der Waals surface area contributed by atoms with Crippen LogP contribution in [0.15, 0.2) is 60.7 Å². The highest BCUT2D eigenvalue weighted by Crippen LogP contribution is 2.48. The number of methoxy groups -OCH3 is 2. The van der Waals surface area contributed by atoms with Gasteiger partial charge in [0.25, 0.3) is 0 Å². The second kappa shape index (κ2) is 7.99. The van der Waals surface area contributed by atoms with Crippen LogP contribution in [-0.4, -0.2) is 34.6 Å². The zero-order chi connectivity index (χ0) is 25.1. The van der Waals surface area contributed by atoms with Gasteiger partial charge in [0.15, 0.2) is 0 Å². The first-order valence-corrected chi connectivity index (χ1v) is 11.6. The molecule has 0 bridgehead atoms. The number of aromatic hydroxyl groups is 4. The van der Waals surface area contributed by atoms with E-state index in [4.69, 9.17) is 9.47 Å². The van der Waals surface area contributed by atoms with Crippen molar-refractivity contribution in [1.29, 1.82) is 0 Å². The van der Waals surface area contributed by atoms with Crippen molar-refractivity contribution in [3.05, 3.63) is 82.9 Å². The lowest BCUT2D eigenvalue weighted by atomic mass is 9.83. The first-order chi connectivity index (χ1) is 17.4. The number of rotatable bonds is 3. The molecule has 0 radical (unpaired) electrons. The van der Waals surface area contributed by atoms with Gasteiger partial charge in [0.2, 0.25) is 0 Å². The number of benzene rings is 5. The SMILES string of the molecule is COc1cc(O)c2c(c1)Cc1cc(O)c(-c3c(O)cc(OC)c4cc5c(O)cccc5cc34)cc1C2. The van der Waals surface area contributed by atoms with Crippen LogP contribution in [0, 0.1) is 0 Å². The van der Waals surface area contributed by atoms with Crippen molar-refractivity contribution in [3.63, 3.8) is 0 Å². The van der Waals surface area contributed by atoms with Crippen molar-refractivity contribution < 1.29 is 29.9 Å². The normalized spacial score (nSPS) is 12.4. The molecule has 0 heterocycles. The Morgan fingerprint density at radius 2 is 1.42 bits per heavy atom. The van der Waals surface area contributed by atoms with Crippen molar-refractivity contribution in [2.45, 2.75) is 12.8 Å². The van der Waals surface area contributed by atoms with Gasteiger partial charge < -0.3 is 29.9 Å². The third-order valence-electron chi connectivity index (χ3n) is 7.14. The highest BCUT2D eigenvalue weighted by Gasteiger charge is 2.24. The van der Waals surface area contributed by atoms with E-state index in [0.29, 0.717) is 51.6 Å². The predicted octanol–water partition coefficient (Wildman–Crippen LogP) is 5.99. The van der Waals surface area contributed by atoms with Crippen LogP contribution < -0.4 is 9.47 Å². The summed E-state index contributed by atoms with van der Waals surface area (Å²) in [5.41, 5.74) is 4.64. The van der Waals surface area contributed by atoms with Crippen LogP contribution in [0.1, 0.15) is 22.3 Å². The lowest BCUT2D eigenvalue weighted by molar-refractivity contribution is 0.405. The summed E-state index contributed by atoms with van der Waals surface area (Å²) in [4.78, 5) is 0. The number of hydrogen-bond donors (Lipinski definition) is 4. The van der Waals surface area contributed by atoms with E-state index in [1.54, 1.807) is 31.4 Å². The van der Waals surface area contributed by atoms with E-state index in [1.165, 1.54) is 13.2 Å². The van der Waals surface area contributed by atoms with E-state index in [0.717, 1.165) is 27.6 Å². The monoisotopic (exact) mass is 480 g/mol. The van der Waals surface area contributed by atoms with Gasteiger partial charge in [-0.1, -0.05) is 12.1 Å². The maximum atomic E-state index is 11.1. The van der Waals surface area contributed by atoms with Gasteiger partial charge in [-0.25, -0.2) is 0 Å². The molecule has 0 saturated heterocycles. The molecule has 0 unspecified atom stereocenters. The Hall–Kier alpha value is -4.58. The fraction of sp³-hybridized carbons (Fsp3) is 0.133. The zero-order valence-electron chi connectivity index (χ0n) is 19.8. The summed E-state index contributed by atoms with van der Waals surface area (Å²) in [6, 6.07) is 17.6. The molecule has 6 heteroatoms. The molecule has 0 spiro atoms. The fourth-order valence-corrected chi connectivity index (χ4v) is 5.35. The minimum Gasteiger partial charge on any atom is -0.508 e. The Balaban J connectivity index is 1.58. The molecule has 1 aliphatic carbocycles. The minimum absolute atomic E-state index is 0.0297. The molecule has 180 valence electrons.